The molecule has 0 spiro atoms. The lowest BCUT2D eigenvalue weighted by Crippen LogP contribution is -2.54. The number of ketones is 1. The van der Waals surface area contributed by atoms with Crippen LogP contribution in [0, 0.1) is 0 Å². The van der Waals surface area contributed by atoms with Crippen molar-refractivity contribution in [3.05, 3.63) is 0 Å². The maximum absolute atomic E-state index is 10.8. The molecule has 6 heteroatoms. The largest absolute Gasteiger partial charge is 0.394 e. The molecule has 0 radical (unpaired) electrons. The molecule has 0 saturated heterocycles. The van der Waals surface area contributed by atoms with E-state index in [0.717, 1.165) is 6.92 Å². The molecule has 0 aliphatic carbocycles. The molecule has 0 aromatic heterocycles. The third-order valence-electron chi connectivity index (χ3n) is 1.84. The van der Waals surface area contributed by atoms with E-state index in [0.29, 0.717) is 0 Å². The van der Waals surface area contributed by atoms with Gasteiger partial charge in [0.2, 0.25) is 0 Å². The number of hydrogen-bond donors (Lipinski definition) is 5. The van der Waals surface area contributed by atoms with E-state index in [1.54, 1.807) is 0 Å². The first kappa shape index (κ1) is 12.5. The molecule has 6 nitrogen and oxygen atoms in total. The summed E-state index contributed by atoms with van der Waals surface area (Å²) in [5.41, 5.74) is -2.25. The Hall–Kier alpha value is -0.530. The van der Waals surface area contributed by atoms with Crippen LogP contribution >= 0.6 is 0 Å². The van der Waals surface area contributed by atoms with Crippen LogP contribution in [0.3, 0.4) is 0 Å². The van der Waals surface area contributed by atoms with Gasteiger partial charge in [0, 0.05) is 0 Å². The van der Waals surface area contributed by atoms with Crippen LogP contribution in [0.15, 0.2) is 0 Å². The summed E-state index contributed by atoms with van der Waals surface area (Å²) in [6, 6.07) is 0. The normalized spacial score (nSPS) is 20.5. The van der Waals surface area contributed by atoms with Gasteiger partial charge in [0.15, 0.2) is 11.4 Å². The molecule has 0 amide bonds. The van der Waals surface area contributed by atoms with Gasteiger partial charge in [-0.25, -0.2) is 0 Å². The van der Waals surface area contributed by atoms with E-state index in [1.807, 2.05) is 0 Å². The highest BCUT2D eigenvalue weighted by Gasteiger charge is 2.41. The van der Waals surface area contributed by atoms with Gasteiger partial charge in [0.1, 0.15) is 18.8 Å². The fraction of sp³-hybridized carbons (Fsp3) is 0.857. The Morgan fingerprint density at radius 2 is 1.85 bits per heavy atom. The van der Waals surface area contributed by atoms with E-state index in [4.69, 9.17) is 20.4 Å². The average molecular weight is 194 g/mol. The van der Waals surface area contributed by atoms with Crippen LogP contribution in [0.1, 0.15) is 6.92 Å². The summed E-state index contributed by atoms with van der Waals surface area (Å²) in [4.78, 5) is 10.8. The highest BCUT2D eigenvalue weighted by molar-refractivity contribution is 5.88. The van der Waals surface area contributed by atoms with Crippen molar-refractivity contribution >= 4 is 5.78 Å². The van der Waals surface area contributed by atoms with Crippen molar-refractivity contribution in [2.45, 2.75) is 24.7 Å². The summed E-state index contributed by atoms with van der Waals surface area (Å²) in [6.45, 7) is -0.771. The van der Waals surface area contributed by atoms with Gasteiger partial charge in [-0.1, -0.05) is 0 Å². The average Bonchev–Trinajstić information content (AvgIpc) is 2.13. The first-order valence-electron chi connectivity index (χ1n) is 3.71. The van der Waals surface area contributed by atoms with Crippen LogP contribution in [0.4, 0.5) is 0 Å². The number of carbonyl (C=O) groups excluding carboxylic acids is 1. The zero-order chi connectivity index (χ0) is 10.6. The maximum Gasteiger partial charge on any atom is 0.192 e. The summed E-state index contributed by atoms with van der Waals surface area (Å²) in [6.07, 6.45) is -3.44. The Morgan fingerprint density at radius 1 is 1.38 bits per heavy atom. The molecule has 0 aliphatic rings. The predicted octanol–water partition coefficient (Wildman–Crippen LogP) is -2.99. The molecule has 0 heterocycles. The molecule has 0 rings (SSSR count). The topological polar surface area (TPSA) is 118 Å². The minimum absolute atomic E-state index is 0.782. The standard InChI is InChI=1S/C7H14O6/c1-7(13,5(11)3-9)6(12)4(10)2-8/h4,6,8-10,12-13H,2-3H2,1H3/t4-,6-,7+/m1/s1. The monoisotopic (exact) mass is 194 g/mol. The number of aliphatic hydroxyl groups is 5. The Labute approximate surface area is 75.1 Å². The highest BCUT2D eigenvalue weighted by Crippen LogP contribution is 2.14. The van der Waals surface area contributed by atoms with Gasteiger partial charge in [-0.15, -0.1) is 0 Å². The maximum atomic E-state index is 10.8. The quantitative estimate of drug-likeness (QED) is 0.318. The van der Waals surface area contributed by atoms with Gasteiger partial charge in [-0.2, -0.15) is 0 Å². The first-order chi connectivity index (χ1) is 5.87. The second kappa shape index (κ2) is 4.64. The molecule has 3 atom stereocenters. The van der Waals surface area contributed by atoms with Crippen LogP contribution in [-0.2, 0) is 4.79 Å². The summed E-state index contributed by atoms with van der Waals surface area (Å²) in [5.74, 6) is -1.02. The van der Waals surface area contributed by atoms with Crippen LogP contribution in [0.2, 0.25) is 0 Å². The molecular formula is C7H14O6. The number of Topliss-reactive ketones (excluding diaryl/α,β-unsaturated/α-hetero) is 1. The lowest BCUT2D eigenvalue weighted by atomic mass is 9.91. The van der Waals surface area contributed by atoms with Crippen LogP contribution in [0.25, 0.3) is 0 Å². The summed E-state index contributed by atoms with van der Waals surface area (Å²) in [5, 5.41) is 44.2. The molecule has 0 aliphatic heterocycles. The predicted molar refractivity (Wildman–Crippen MR) is 41.8 cm³/mol. The van der Waals surface area contributed by atoms with Crippen LogP contribution < -0.4 is 0 Å². The molecule has 0 aromatic carbocycles. The first-order valence-corrected chi connectivity index (χ1v) is 3.71. The number of rotatable bonds is 5. The molecule has 0 bridgehead atoms. The second-order valence-corrected chi connectivity index (χ2v) is 2.92. The van der Waals surface area contributed by atoms with Crippen LogP contribution in [0.5, 0.6) is 0 Å². The Balaban J connectivity index is 4.52. The summed E-state index contributed by atoms with van der Waals surface area (Å²) in [7, 11) is 0. The lowest BCUT2D eigenvalue weighted by molar-refractivity contribution is -0.163. The van der Waals surface area contributed by atoms with Crippen molar-refractivity contribution in [3.63, 3.8) is 0 Å². The fourth-order valence-corrected chi connectivity index (χ4v) is 0.799. The van der Waals surface area contributed by atoms with Crippen molar-refractivity contribution in [2.24, 2.45) is 0 Å². The van der Waals surface area contributed by atoms with Gasteiger partial charge >= 0.3 is 0 Å². The van der Waals surface area contributed by atoms with E-state index >= 15 is 0 Å². The molecule has 0 aromatic rings. The fourth-order valence-electron chi connectivity index (χ4n) is 0.799. The molecular weight excluding hydrogens is 180 g/mol. The van der Waals surface area contributed by atoms with Crippen molar-refractivity contribution in [1.29, 1.82) is 0 Å². The molecule has 0 unspecified atom stereocenters. The summed E-state index contributed by atoms with van der Waals surface area (Å²) >= 11 is 0. The van der Waals surface area contributed by atoms with E-state index < -0.39 is 36.8 Å². The molecule has 78 valence electrons. The molecule has 0 saturated carbocycles. The van der Waals surface area contributed by atoms with Gasteiger partial charge < -0.3 is 25.5 Å². The van der Waals surface area contributed by atoms with E-state index in [-0.39, 0.29) is 0 Å². The zero-order valence-electron chi connectivity index (χ0n) is 7.21. The van der Waals surface area contributed by atoms with Crippen molar-refractivity contribution in [1.82, 2.24) is 0 Å². The Kier molecular flexibility index (Phi) is 4.45. The third-order valence-corrected chi connectivity index (χ3v) is 1.84. The van der Waals surface area contributed by atoms with E-state index in [9.17, 15) is 9.90 Å². The smallest absolute Gasteiger partial charge is 0.192 e. The summed E-state index contributed by atoms with van der Waals surface area (Å²) < 4.78 is 0. The molecule has 0 fully saturated rings. The van der Waals surface area contributed by atoms with E-state index in [2.05, 4.69) is 0 Å². The number of carbonyl (C=O) groups is 1. The minimum atomic E-state index is -2.25. The van der Waals surface area contributed by atoms with Crippen LogP contribution in [-0.4, -0.2) is 62.3 Å². The number of aliphatic hydroxyl groups excluding tert-OH is 4. The molecule has 5 N–H and O–H groups in total. The third kappa shape index (κ3) is 2.71. The molecule has 13 heavy (non-hydrogen) atoms. The Bertz CT molecular complexity index is 178. The van der Waals surface area contributed by atoms with Crippen molar-refractivity contribution in [2.75, 3.05) is 13.2 Å². The van der Waals surface area contributed by atoms with Gasteiger partial charge in [-0.05, 0) is 6.92 Å². The highest BCUT2D eigenvalue weighted by atomic mass is 16.4. The lowest BCUT2D eigenvalue weighted by Gasteiger charge is -2.29. The van der Waals surface area contributed by atoms with Crippen molar-refractivity contribution < 1.29 is 30.3 Å². The Morgan fingerprint density at radius 3 is 2.15 bits per heavy atom. The second-order valence-electron chi connectivity index (χ2n) is 2.92. The van der Waals surface area contributed by atoms with E-state index in [1.165, 1.54) is 0 Å². The van der Waals surface area contributed by atoms with Gasteiger partial charge in [0.25, 0.3) is 0 Å². The van der Waals surface area contributed by atoms with Gasteiger partial charge in [-0.3, -0.25) is 4.79 Å². The van der Waals surface area contributed by atoms with Gasteiger partial charge in [0.05, 0.1) is 6.61 Å². The minimum Gasteiger partial charge on any atom is -0.394 e. The zero-order valence-corrected chi connectivity index (χ0v) is 7.21. The SMILES string of the molecule is C[C@](O)(C(=O)CO)[C@H](O)[C@H](O)CO. The van der Waals surface area contributed by atoms with Crippen molar-refractivity contribution in [3.8, 4) is 0 Å². The number of hydrogen-bond acceptors (Lipinski definition) is 6.